The van der Waals surface area contributed by atoms with E-state index in [1.165, 1.54) is 11.8 Å². The van der Waals surface area contributed by atoms with Gasteiger partial charge in [0.2, 0.25) is 0 Å². The maximum Gasteiger partial charge on any atom is 0.408 e. The Bertz CT molecular complexity index is 1420. The van der Waals surface area contributed by atoms with Crippen molar-refractivity contribution in [3.63, 3.8) is 0 Å². The van der Waals surface area contributed by atoms with E-state index in [0.717, 1.165) is 26.8 Å². The molecule has 2 N–H and O–H groups in total. The van der Waals surface area contributed by atoms with Crippen molar-refractivity contribution < 1.29 is 19.1 Å². The number of benzene rings is 3. The summed E-state index contributed by atoms with van der Waals surface area (Å²) in [5, 5.41) is 7.63. The molecule has 0 spiro atoms. The maximum absolute atomic E-state index is 13.9. The molecular formula is C32H37N3O4S. The predicted octanol–water partition coefficient (Wildman–Crippen LogP) is 6.20. The molecule has 8 heteroatoms. The summed E-state index contributed by atoms with van der Waals surface area (Å²) in [6.07, 6.45) is 7.42. The monoisotopic (exact) mass is 559 g/mol. The largest absolute Gasteiger partial charge is 0.444 e. The highest BCUT2D eigenvalue weighted by atomic mass is 32.2. The predicted molar refractivity (Wildman–Crippen MR) is 163 cm³/mol. The van der Waals surface area contributed by atoms with E-state index >= 15 is 0 Å². The second-order valence-electron chi connectivity index (χ2n) is 10.6. The van der Waals surface area contributed by atoms with Crippen molar-refractivity contribution in [1.82, 2.24) is 10.2 Å². The van der Waals surface area contributed by atoms with E-state index in [2.05, 4.69) is 16.7 Å². The molecule has 0 saturated carbocycles. The average molecular weight is 560 g/mol. The van der Waals surface area contributed by atoms with E-state index < -0.39 is 35.6 Å². The molecule has 210 valence electrons. The Morgan fingerprint density at radius 1 is 1.02 bits per heavy atom. The van der Waals surface area contributed by atoms with Crippen LogP contribution in [0.2, 0.25) is 0 Å². The molecular weight excluding hydrogens is 522 g/mol. The number of hydrogen-bond donors (Lipinski definition) is 2. The number of alkyl carbamates (subject to hydrolysis) is 1. The van der Waals surface area contributed by atoms with Gasteiger partial charge < -0.3 is 15.4 Å². The number of hydrogen-bond acceptors (Lipinski definition) is 5. The highest BCUT2D eigenvalue weighted by molar-refractivity contribution is 7.98. The number of nitrogens with one attached hydrogen (secondary N) is 2. The molecule has 3 rings (SSSR count). The first kappa shape index (κ1) is 30.6. The highest BCUT2D eigenvalue weighted by Crippen LogP contribution is 2.29. The summed E-state index contributed by atoms with van der Waals surface area (Å²) in [5.41, 5.74) is 2.23. The summed E-state index contributed by atoms with van der Waals surface area (Å²) in [4.78, 5) is 41.6. The van der Waals surface area contributed by atoms with Gasteiger partial charge in [-0.3, -0.25) is 14.5 Å². The van der Waals surface area contributed by atoms with Crippen LogP contribution in [-0.2, 0) is 14.3 Å². The third kappa shape index (κ3) is 7.80. The number of aryl methyl sites for hydroxylation is 1. The zero-order valence-electron chi connectivity index (χ0n) is 23.9. The number of rotatable bonds is 9. The molecule has 0 aliphatic rings. The van der Waals surface area contributed by atoms with Crippen LogP contribution in [0, 0.1) is 26.3 Å². The molecule has 3 amide bonds. The van der Waals surface area contributed by atoms with Crippen LogP contribution < -0.4 is 10.6 Å². The van der Waals surface area contributed by atoms with Crippen molar-refractivity contribution in [2.45, 2.75) is 58.7 Å². The molecule has 0 aliphatic carbocycles. The lowest BCUT2D eigenvalue weighted by molar-refractivity contribution is -0.136. The van der Waals surface area contributed by atoms with Gasteiger partial charge in [0, 0.05) is 11.7 Å². The van der Waals surface area contributed by atoms with Crippen LogP contribution in [-0.4, -0.2) is 46.5 Å². The summed E-state index contributed by atoms with van der Waals surface area (Å²) in [6, 6.07) is 19.3. The van der Waals surface area contributed by atoms with Gasteiger partial charge in [0.1, 0.15) is 17.7 Å². The van der Waals surface area contributed by atoms with Crippen LogP contribution in [0.1, 0.15) is 49.9 Å². The van der Waals surface area contributed by atoms with Crippen molar-refractivity contribution in [3.05, 3.63) is 77.4 Å². The molecule has 3 aromatic rings. The minimum absolute atomic E-state index is 0.309. The zero-order chi connectivity index (χ0) is 29.4. The quantitative estimate of drug-likeness (QED) is 0.241. The highest BCUT2D eigenvalue weighted by Gasteiger charge is 2.36. The fourth-order valence-corrected chi connectivity index (χ4v) is 4.79. The van der Waals surface area contributed by atoms with Gasteiger partial charge >= 0.3 is 6.09 Å². The van der Waals surface area contributed by atoms with Crippen molar-refractivity contribution >= 4 is 46.1 Å². The molecule has 7 nitrogen and oxygen atoms in total. The van der Waals surface area contributed by atoms with Gasteiger partial charge in [0.15, 0.2) is 0 Å². The van der Waals surface area contributed by atoms with E-state index in [1.54, 1.807) is 26.8 Å². The van der Waals surface area contributed by atoms with Crippen LogP contribution in [0.25, 0.3) is 10.8 Å². The first-order valence-corrected chi connectivity index (χ1v) is 14.5. The van der Waals surface area contributed by atoms with E-state index in [0.29, 0.717) is 23.4 Å². The van der Waals surface area contributed by atoms with Crippen LogP contribution in [0.4, 0.5) is 10.5 Å². The number of carbonyl (C=O) groups excluding carboxylic acids is 3. The number of thioether (sulfide) groups is 1. The molecule has 0 fully saturated rings. The van der Waals surface area contributed by atoms with Gasteiger partial charge in [-0.15, -0.1) is 0 Å². The van der Waals surface area contributed by atoms with E-state index in [1.807, 2.05) is 74.7 Å². The smallest absolute Gasteiger partial charge is 0.408 e. The molecule has 3 aromatic carbocycles. The number of nitrogens with zero attached hydrogens (tertiary/aromatic N) is 1. The zero-order valence-corrected chi connectivity index (χ0v) is 24.7. The lowest BCUT2D eigenvalue weighted by Gasteiger charge is -2.31. The number of amides is 3. The third-order valence-electron chi connectivity index (χ3n) is 6.44. The molecule has 0 aliphatic heterocycles. The second-order valence-corrected chi connectivity index (χ2v) is 11.5. The first-order valence-electron chi connectivity index (χ1n) is 13.1. The molecule has 40 heavy (non-hydrogen) atoms. The molecule has 0 aromatic heterocycles. The van der Waals surface area contributed by atoms with Crippen molar-refractivity contribution in [1.29, 1.82) is 0 Å². The number of anilines is 1. The molecule has 2 atom stereocenters. The van der Waals surface area contributed by atoms with Crippen molar-refractivity contribution in [2.24, 2.45) is 0 Å². The lowest BCUT2D eigenvalue weighted by atomic mass is 9.95. The Kier molecular flexibility index (Phi) is 10.2. The van der Waals surface area contributed by atoms with Gasteiger partial charge in [-0.1, -0.05) is 55.0 Å². The molecule has 0 radical (unpaired) electrons. The first-order chi connectivity index (χ1) is 18.9. The Hall–Kier alpha value is -3.96. The SMILES string of the molecule is C#CN(C(=O)C(CCSC)NC(=O)OC(C)(C)C)C(C(=O)Nc1ccc2ccccc2c1)c1cccc(C)c1C. The second kappa shape index (κ2) is 13.4. The van der Waals surface area contributed by atoms with E-state index in [-0.39, 0.29) is 0 Å². The Morgan fingerprint density at radius 3 is 2.38 bits per heavy atom. The van der Waals surface area contributed by atoms with Gasteiger partial charge in [0.25, 0.3) is 11.8 Å². The lowest BCUT2D eigenvalue weighted by Crippen LogP contribution is -2.51. The number of carbonyl (C=O) groups is 3. The summed E-state index contributed by atoms with van der Waals surface area (Å²) in [5.74, 6) is -0.444. The Balaban J connectivity index is 2.01. The third-order valence-corrected chi connectivity index (χ3v) is 7.08. The number of ether oxygens (including phenoxy) is 1. The van der Waals surface area contributed by atoms with Gasteiger partial charge in [-0.05, 0) is 92.6 Å². The summed E-state index contributed by atoms with van der Waals surface area (Å²) in [7, 11) is 0. The standard InChI is InChI=1S/C32H37N3O4S/c1-8-35(30(37)27(18-19-40-7)34-31(38)39-32(4,5)6)28(26-15-11-12-21(2)22(26)3)29(36)33-25-17-16-23-13-9-10-14-24(23)20-25/h1,9-17,20,27-28H,18-19H2,2-7H3,(H,33,36)(H,34,38). The Labute approximate surface area is 241 Å². The average Bonchev–Trinajstić information content (AvgIpc) is 2.90. The maximum atomic E-state index is 13.9. The van der Waals surface area contributed by atoms with Gasteiger partial charge in [0.05, 0.1) is 0 Å². The molecule has 0 bridgehead atoms. The fourth-order valence-electron chi connectivity index (χ4n) is 4.32. The minimum atomic E-state index is -1.14. The van der Waals surface area contributed by atoms with E-state index in [9.17, 15) is 14.4 Å². The summed E-state index contributed by atoms with van der Waals surface area (Å²) >= 11 is 1.53. The van der Waals surface area contributed by atoms with Crippen molar-refractivity contribution in [3.8, 4) is 12.5 Å². The van der Waals surface area contributed by atoms with Crippen LogP contribution >= 0.6 is 11.8 Å². The minimum Gasteiger partial charge on any atom is -0.444 e. The summed E-state index contributed by atoms with van der Waals surface area (Å²) in [6.45, 7) is 9.06. The fraction of sp³-hybridized carbons (Fsp3) is 0.344. The topological polar surface area (TPSA) is 87.7 Å². The molecule has 0 heterocycles. The van der Waals surface area contributed by atoms with Crippen LogP contribution in [0.15, 0.2) is 60.7 Å². The Morgan fingerprint density at radius 2 is 1.73 bits per heavy atom. The van der Waals surface area contributed by atoms with Gasteiger partial charge in [-0.2, -0.15) is 11.8 Å². The van der Waals surface area contributed by atoms with Crippen molar-refractivity contribution in [2.75, 3.05) is 17.3 Å². The van der Waals surface area contributed by atoms with Crippen LogP contribution in [0.5, 0.6) is 0 Å². The normalized spacial score (nSPS) is 12.6. The molecule has 0 saturated heterocycles. The number of terminal acetylenes is 1. The van der Waals surface area contributed by atoms with E-state index in [4.69, 9.17) is 11.2 Å². The number of fused-ring (bicyclic) bond motifs is 1. The summed E-state index contributed by atoms with van der Waals surface area (Å²) < 4.78 is 5.39. The molecule has 2 unspecified atom stereocenters. The van der Waals surface area contributed by atoms with Gasteiger partial charge in [-0.25, -0.2) is 4.79 Å². The van der Waals surface area contributed by atoms with Crippen LogP contribution in [0.3, 0.4) is 0 Å².